The lowest BCUT2D eigenvalue weighted by Gasteiger charge is -2.18. The molecule has 0 radical (unpaired) electrons. The summed E-state index contributed by atoms with van der Waals surface area (Å²) < 4.78 is 0. The van der Waals surface area contributed by atoms with Crippen molar-refractivity contribution in [3.05, 3.63) is 45.8 Å². The molecule has 0 saturated carbocycles. The van der Waals surface area contributed by atoms with E-state index in [0.29, 0.717) is 46.2 Å². The lowest BCUT2D eigenvalue weighted by atomic mass is 10.3. The van der Waals surface area contributed by atoms with Gasteiger partial charge in [-0.15, -0.1) is 0 Å². The Labute approximate surface area is 145 Å². The fourth-order valence-corrected chi connectivity index (χ4v) is 2.48. The molecule has 1 amide bonds. The third kappa shape index (κ3) is 4.33. The molecule has 23 heavy (non-hydrogen) atoms. The van der Waals surface area contributed by atoms with E-state index in [1.807, 2.05) is 13.8 Å². The van der Waals surface area contributed by atoms with E-state index < -0.39 is 0 Å². The van der Waals surface area contributed by atoms with Crippen LogP contribution in [0.3, 0.4) is 0 Å². The third-order valence-corrected chi connectivity index (χ3v) is 3.86. The van der Waals surface area contributed by atoms with E-state index in [9.17, 15) is 4.79 Å². The lowest BCUT2D eigenvalue weighted by molar-refractivity contribution is 0.0766. The van der Waals surface area contributed by atoms with E-state index in [2.05, 4.69) is 15.3 Å². The van der Waals surface area contributed by atoms with Crippen LogP contribution in [0.2, 0.25) is 10.0 Å². The summed E-state index contributed by atoms with van der Waals surface area (Å²) in [7, 11) is 0. The summed E-state index contributed by atoms with van der Waals surface area (Å²) in [6.07, 6.45) is 0. The number of aryl methyl sites for hydroxylation is 1. The van der Waals surface area contributed by atoms with Gasteiger partial charge in [0, 0.05) is 24.2 Å². The number of rotatable bonds is 5. The standard InChI is InChI=1S/C16H18Cl2N4O/c1-4-22(5-2)16(23)14-9-15(20-10(3)19-14)21-13-8-11(17)6-7-12(13)18/h6-9H,4-5H2,1-3H3,(H,19,20,21). The smallest absolute Gasteiger partial charge is 0.272 e. The summed E-state index contributed by atoms with van der Waals surface area (Å²) in [4.78, 5) is 22.7. The normalized spacial score (nSPS) is 10.5. The number of anilines is 2. The van der Waals surface area contributed by atoms with E-state index in [-0.39, 0.29) is 5.91 Å². The van der Waals surface area contributed by atoms with Crippen molar-refractivity contribution in [2.45, 2.75) is 20.8 Å². The first-order chi connectivity index (χ1) is 10.9. The van der Waals surface area contributed by atoms with Crippen molar-refractivity contribution >= 4 is 40.6 Å². The minimum Gasteiger partial charge on any atom is -0.339 e. The van der Waals surface area contributed by atoms with Crippen molar-refractivity contribution in [2.24, 2.45) is 0 Å². The van der Waals surface area contributed by atoms with Gasteiger partial charge in [-0.25, -0.2) is 9.97 Å². The average molecular weight is 353 g/mol. The van der Waals surface area contributed by atoms with Gasteiger partial charge in [0.25, 0.3) is 5.91 Å². The Morgan fingerprint density at radius 2 is 1.87 bits per heavy atom. The Morgan fingerprint density at radius 1 is 1.17 bits per heavy atom. The van der Waals surface area contributed by atoms with Gasteiger partial charge in [-0.05, 0) is 39.0 Å². The second-order valence-corrected chi connectivity index (χ2v) is 5.76. The van der Waals surface area contributed by atoms with Crippen LogP contribution in [0.15, 0.2) is 24.3 Å². The van der Waals surface area contributed by atoms with Gasteiger partial charge in [0.1, 0.15) is 17.3 Å². The van der Waals surface area contributed by atoms with Gasteiger partial charge in [0.2, 0.25) is 0 Å². The maximum absolute atomic E-state index is 12.4. The minimum absolute atomic E-state index is 0.124. The van der Waals surface area contributed by atoms with E-state index in [0.717, 1.165) is 0 Å². The second-order valence-electron chi connectivity index (χ2n) is 4.91. The molecule has 0 spiro atoms. The number of hydrogen-bond acceptors (Lipinski definition) is 4. The molecule has 1 aromatic heterocycles. The van der Waals surface area contributed by atoms with Crippen LogP contribution in [0.4, 0.5) is 11.5 Å². The Bertz CT molecular complexity index is 717. The molecule has 0 unspecified atom stereocenters. The first-order valence-corrected chi connectivity index (χ1v) is 8.07. The van der Waals surface area contributed by atoms with Crippen LogP contribution in [-0.2, 0) is 0 Å². The molecule has 1 heterocycles. The molecule has 2 aromatic rings. The molecule has 0 saturated heterocycles. The molecule has 7 heteroatoms. The highest BCUT2D eigenvalue weighted by molar-refractivity contribution is 6.35. The minimum atomic E-state index is -0.124. The van der Waals surface area contributed by atoms with Crippen LogP contribution >= 0.6 is 23.2 Å². The summed E-state index contributed by atoms with van der Waals surface area (Å²) in [5.41, 5.74) is 0.973. The van der Waals surface area contributed by atoms with Crippen LogP contribution in [0.25, 0.3) is 0 Å². The SMILES string of the molecule is CCN(CC)C(=O)c1cc(Nc2cc(Cl)ccc2Cl)nc(C)n1. The molecule has 0 bridgehead atoms. The first-order valence-electron chi connectivity index (χ1n) is 7.31. The summed E-state index contributed by atoms with van der Waals surface area (Å²) >= 11 is 12.1. The Hall–Kier alpha value is -1.85. The Kier molecular flexibility index (Phi) is 5.80. The number of amides is 1. The summed E-state index contributed by atoms with van der Waals surface area (Å²) in [5.74, 6) is 0.876. The zero-order valence-corrected chi connectivity index (χ0v) is 14.7. The maximum atomic E-state index is 12.4. The summed E-state index contributed by atoms with van der Waals surface area (Å²) in [6, 6.07) is 6.72. The molecule has 0 fully saturated rings. The third-order valence-electron chi connectivity index (χ3n) is 3.30. The average Bonchev–Trinajstić information content (AvgIpc) is 2.51. The molecule has 0 aliphatic rings. The number of nitrogens with zero attached hydrogens (tertiary/aromatic N) is 3. The van der Waals surface area contributed by atoms with Gasteiger partial charge in [0.05, 0.1) is 10.7 Å². The molecule has 2 rings (SSSR count). The molecule has 0 atom stereocenters. The number of carbonyl (C=O) groups is 1. The van der Waals surface area contributed by atoms with Crippen LogP contribution in [0.1, 0.15) is 30.2 Å². The first kappa shape index (κ1) is 17.5. The van der Waals surface area contributed by atoms with Gasteiger partial charge < -0.3 is 10.2 Å². The van der Waals surface area contributed by atoms with Crippen molar-refractivity contribution < 1.29 is 4.79 Å². The fraction of sp³-hybridized carbons (Fsp3) is 0.312. The zero-order valence-electron chi connectivity index (χ0n) is 13.2. The van der Waals surface area contributed by atoms with Gasteiger partial charge in [-0.3, -0.25) is 4.79 Å². The molecule has 0 aliphatic heterocycles. The van der Waals surface area contributed by atoms with Crippen LogP contribution in [0, 0.1) is 6.92 Å². The highest BCUT2D eigenvalue weighted by Gasteiger charge is 2.16. The quantitative estimate of drug-likeness (QED) is 0.870. The van der Waals surface area contributed by atoms with Gasteiger partial charge in [-0.1, -0.05) is 23.2 Å². The number of halogens is 2. The molecule has 1 N–H and O–H groups in total. The monoisotopic (exact) mass is 352 g/mol. The molecular formula is C16H18Cl2N4O. The van der Waals surface area contributed by atoms with Gasteiger partial charge in [0.15, 0.2) is 0 Å². The van der Waals surface area contributed by atoms with E-state index in [1.165, 1.54) is 0 Å². The second kappa shape index (κ2) is 7.62. The molecule has 122 valence electrons. The highest BCUT2D eigenvalue weighted by Crippen LogP contribution is 2.28. The maximum Gasteiger partial charge on any atom is 0.272 e. The predicted octanol–water partition coefficient (Wildman–Crippen LogP) is 4.32. The number of hydrogen-bond donors (Lipinski definition) is 1. The van der Waals surface area contributed by atoms with E-state index >= 15 is 0 Å². The van der Waals surface area contributed by atoms with Crippen molar-refractivity contribution in [2.75, 3.05) is 18.4 Å². The number of carbonyl (C=O) groups excluding carboxylic acids is 1. The molecule has 0 aliphatic carbocycles. The Morgan fingerprint density at radius 3 is 2.52 bits per heavy atom. The molecule has 5 nitrogen and oxygen atoms in total. The molecular weight excluding hydrogens is 335 g/mol. The topological polar surface area (TPSA) is 58.1 Å². The van der Waals surface area contributed by atoms with Crippen molar-refractivity contribution in [3.63, 3.8) is 0 Å². The number of nitrogens with one attached hydrogen (secondary N) is 1. The van der Waals surface area contributed by atoms with E-state index in [1.54, 1.807) is 36.1 Å². The predicted molar refractivity (Wildman–Crippen MR) is 93.8 cm³/mol. The van der Waals surface area contributed by atoms with Gasteiger partial charge >= 0.3 is 0 Å². The summed E-state index contributed by atoms with van der Waals surface area (Å²) in [6.45, 7) is 6.85. The van der Waals surface area contributed by atoms with Crippen LogP contribution in [-0.4, -0.2) is 33.9 Å². The zero-order chi connectivity index (χ0) is 17.0. The fourth-order valence-electron chi connectivity index (χ4n) is 2.15. The number of benzene rings is 1. The van der Waals surface area contributed by atoms with Crippen LogP contribution < -0.4 is 5.32 Å². The highest BCUT2D eigenvalue weighted by atomic mass is 35.5. The van der Waals surface area contributed by atoms with Crippen molar-refractivity contribution in [1.29, 1.82) is 0 Å². The lowest BCUT2D eigenvalue weighted by Crippen LogP contribution is -2.31. The molecule has 1 aromatic carbocycles. The number of aromatic nitrogens is 2. The van der Waals surface area contributed by atoms with Crippen molar-refractivity contribution in [3.8, 4) is 0 Å². The van der Waals surface area contributed by atoms with Crippen molar-refractivity contribution in [1.82, 2.24) is 14.9 Å². The van der Waals surface area contributed by atoms with E-state index in [4.69, 9.17) is 23.2 Å². The van der Waals surface area contributed by atoms with Gasteiger partial charge in [-0.2, -0.15) is 0 Å². The Balaban J connectivity index is 2.34. The van der Waals surface area contributed by atoms with Crippen LogP contribution in [0.5, 0.6) is 0 Å². The summed E-state index contributed by atoms with van der Waals surface area (Å²) in [5, 5.41) is 4.16. The largest absolute Gasteiger partial charge is 0.339 e.